The first kappa shape index (κ1) is 13.6. The van der Waals surface area contributed by atoms with Crippen molar-refractivity contribution in [2.24, 2.45) is 0 Å². The van der Waals surface area contributed by atoms with Crippen LogP contribution < -0.4 is 5.32 Å². The van der Waals surface area contributed by atoms with E-state index in [9.17, 15) is 0 Å². The monoisotopic (exact) mass is 251 g/mol. The van der Waals surface area contributed by atoms with Crippen LogP contribution in [0.3, 0.4) is 0 Å². The quantitative estimate of drug-likeness (QED) is 0.742. The van der Waals surface area contributed by atoms with Crippen molar-refractivity contribution in [1.29, 1.82) is 0 Å². The third kappa shape index (κ3) is 4.12. The van der Waals surface area contributed by atoms with Gasteiger partial charge in [0.15, 0.2) is 0 Å². The molecule has 0 amide bonds. The van der Waals surface area contributed by atoms with Gasteiger partial charge < -0.3 is 14.6 Å². The van der Waals surface area contributed by atoms with Crippen LogP contribution in [0.2, 0.25) is 0 Å². The summed E-state index contributed by atoms with van der Waals surface area (Å²) in [6.45, 7) is 5.43. The van der Waals surface area contributed by atoms with Crippen LogP contribution in [-0.2, 0) is 6.54 Å². The summed E-state index contributed by atoms with van der Waals surface area (Å²) < 4.78 is 5.30. The molecule has 1 aliphatic heterocycles. The zero-order chi connectivity index (χ0) is 12.8. The Hall–Kier alpha value is -0.840. The second kappa shape index (κ2) is 6.92. The van der Waals surface area contributed by atoms with Crippen molar-refractivity contribution in [3.8, 4) is 0 Å². The standard InChI is InChI=1S/C14H25N3O/c1-16(2)12-13-5-3-8-17(13)9-7-15-11-14-6-4-10-18-14/h4,6,10,13,15H,3,5,7-9,11-12H2,1-2H3. The molecule has 1 saturated heterocycles. The molecule has 4 nitrogen and oxygen atoms in total. The van der Waals surface area contributed by atoms with Gasteiger partial charge in [-0.3, -0.25) is 4.90 Å². The largest absolute Gasteiger partial charge is 0.468 e. The summed E-state index contributed by atoms with van der Waals surface area (Å²) in [4.78, 5) is 4.90. The number of rotatable bonds is 7. The molecule has 18 heavy (non-hydrogen) atoms. The SMILES string of the molecule is CN(C)CC1CCCN1CCNCc1ccco1. The lowest BCUT2D eigenvalue weighted by molar-refractivity contribution is 0.207. The topological polar surface area (TPSA) is 31.6 Å². The van der Waals surface area contributed by atoms with Crippen LogP contribution in [0, 0.1) is 0 Å². The molecule has 1 atom stereocenters. The number of nitrogens with zero attached hydrogens (tertiary/aromatic N) is 2. The molecule has 102 valence electrons. The summed E-state index contributed by atoms with van der Waals surface area (Å²) in [7, 11) is 4.32. The van der Waals surface area contributed by atoms with E-state index in [1.807, 2.05) is 12.1 Å². The van der Waals surface area contributed by atoms with E-state index in [2.05, 4.69) is 29.2 Å². The molecule has 1 fully saturated rings. The molecular weight excluding hydrogens is 226 g/mol. The van der Waals surface area contributed by atoms with Crippen LogP contribution in [0.5, 0.6) is 0 Å². The zero-order valence-electron chi connectivity index (χ0n) is 11.6. The van der Waals surface area contributed by atoms with E-state index >= 15 is 0 Å². The van der Waals surface area contributed by atoms with E-state index in [1.165, 1.54) is 25.9 Å². The first-order valence-corrected chi connectivity index (χ1v) is 6.87. The Morgan fingerprint density at radius 2 is 2.39 bits per heavy atom. The van der Waals surface area contributed by atoms with Crippen molar-refractivity contribution in [2.75, 3.05) is 40.3 Å². The molecule has 0 saturated carbocycles. The average Bonchev–Trinajstić information content (AvgIpc) is 2.95. The Labute approximate surface area is 110 Å². The van der Waals surface area contributed by atoms with Crippen molar-refractivity contribution >= 4 is 0 Å². The molecule has 2 rings (SSSR count). The zero-order valence-corrected chi connectivity index (χ0v) is 11.6. The van der Waals surface area contributed by atoms with Crippen LogP contribution in [-0.4, -0.2) is 56.1 Å². The molecule has 0 aliphatic carbocycles. The lowest BCUT2D eigenvalue weighted by Crippen LogP contribution is -2.40. The van der Waals surface area contributed by atoms with E-state index in [1.54, 1.807) is 6.26 Å². The predicted octanol–water partition coefficient (Wildman–Crippen LogP) is 1.40. The van der Waals surface area contributed by atoms with Gasteiger partial charge in [-0.1, -0.05) is 0 Å². The maximum Gasteiger partial charge on any atom is 0.117 e. The van der Waals surface area contributed by atoms with Gasteiger partial charge in [-0.15, -0.1) is 0 Å². The Kier molecular flexibility index (Phi) is 5.23. The first-order chi connectivity index (χ1) is 8.75. The smallest absolute Gasteiger partial charge is 0.117 e. The summed E-state index contributed by atoms with van der Waals surface area (Å²) in [6.07, 6.45) is 4.41. The lowest BCUT2D eigenvalue weighted by Gasteiger charge is -2.26. The fourth-order valence-electron chi connectivity index (χ4n) is 2.67. The molecule has 0 spiro atoms. The molecule has 0 aromatic carbocycles. The molecule has 1 unspecified atom stereocenters. The molecule has 1 N–H and O–H groups in total. The van der Waals surface area contributed by atoms with Crippen molar-refractivity contribution in [2.45, 2.75) is 25.4 Å². The molecular formula is C14H25N3O. The number of likely N-dealkylation sites (N-methyl/N-ethyl adjacent to an activating group) is 1. The predicted molar refractivity (Wildman–Crippen MR) is 73.6 cm³/mol. The van der Waals surface area contributed by atoms with Gasteiger partial charge in [-0.05, 0) is 45.6 Å². The highest BCUT2D eigenvalue weighted by atomic mass is 16.3. The molecule has 4 heteroatoms. The second-order valence-corrected chi connectivity index (χ2v) is 5.35. The Balaban J connectivity index is 1.63. The van der Waals surface area contributed by atoms with Gasteiger partial charge in [0.05, 0.1) is 12.8 Å². The summed E-state index contributed by atoms with van der Waals surface area (Å²) in [5.41, 5.74) is 0. The van der Waals surface area contributed by atoms with Crippen molar-refractivity contribution in [3.05, 3.63) is 24.2 Å². The first-order valence-electron chi connectivity index (χ1n) is 6.87. The van der Waals surface area contributed by atoms with E-state index in [4.69, 9.17) is 4.42 Å². The van der Waals surface area contributed by atoms with Gasteiger partial charge in [0.1, 0.15) is 5.76 Å². The summed E-state index contributed by atoms with van der Waals surface area (Å²) in [5.74, 6) is 1.02. The maximum atomic E-state index is 5.30. The molecule has 2 heterocycles. The minimum atomic E-state index is 0.741. The van der Waals surface area contributed by atoms with Gasteiger partial charge in [0.2, 0.25) is 0 Å². The normalized spacial score (nSPS) is 20.9. The average molecular weight is 251 g/mol. The Morgan fingerprint density at radius 3 is 3.11 bits per heavy atom. The van der Waals surface area contributed by atoms with Crippen molar-refractivity contribution in [3.63, 3.8) is 0 Å². The number of hydrogen-bond donors (Lipinski definition) is 1. The summed E-state index contributed by atoms with van der Waals surface area (Å²) in [6, 6.07) is 4.69. The van der Waals surface area contributed by atoms with Crippen LogP contribution in [0.4, 0.5) is 0 Å². The van der Waals surface area contributed by atoms with Gasteiger partial charge in [0.25, 0.3) is 0 Å². The highest BCUT2D eigenvalue weighted by Crippen LogP contribution is 2.16. The number of likely N-dealkylation sites (tertiary alicyclic amines) is 1. The molecule has 0 radical (unpaired) electrons. The molecule has 1 aliphatic rings. The van der Waals surface area contributed by atoms with E-state index < -0.39 is 0 Å². The van der Waals surface area contributed by atoms with Crippen molar-refractivity contribution in [1.82, 2.24) is 15.1 Å². The number of nitrogens with one attached hydrogen (secondary N) is 1. The molecule has 1 aromatic heterocycles. The van der Waals surface area contributed by atoms with Crippen molar-refractivity contribution < 1.29 is 4.42 Å². The fourth-order valence-corrected chi connectivity index (χ4v) is 2.67. The Morgan fingerprint density at radius 1 is 1.50 bits per heavy atom. The van der Waals surface area contributed by atoms with E-state index in [-0.39, 0.29) is 0 Å². The third-order valence-corrected chi connectivity index (χ3v) is 3.53. The Bertz CT molecular complexity index is 324. The fraction of sp³-hybridized carbons (Fsp3) is 0.714. The van der Waals surface area contributed by atoms with Gasteiger partial charge in [0, 0.05) is 25.7 Å². The third-order valence-electron chi connectivity index (χ3n) is 3.53. The highest BCUT2D eigenvalue weighted by Gasteiger charge is 2.23. The minimum absolute atomic E-state index is 0.741. The van der Waals surface area contributed by atoms with Gasteiger partial charge in [-0.25, -0.2) is 0 Å². The molecule has 1 aromatic rings. The van der Waals surface area contributed by atoms with E-state index in [0.29, 0.717) is 0 Å². The van der Waals surface area contributed by atoms with Gasteiger partial charge >= 0.3 is 0 Å². The second-order valence-electron chi connectivity index (χ2n) is 5.35. The maximum absolute atomic E-state index is 5.30. The molecule has 0 bridgehead atoms. The highest BCUT2D eigenvalue weighted by molar-refractivity contribution is 4.97. The van der Waals surface area contributed by atoms with Crippen LogP contribution in [0.15, 0.2) is 22.8 Å². The summed E-state index contributed by atoms with van der Waals surface area (Å²) >= 11 is 0. The number of hydrogen-bond acceptors (Lipinski definition) is 4. The van der Waals surface area contributed by atoms with E-state index in [0.717, 1.165) is 31.4 Å². The van der Waals surface area contributed by atoms with Crippen LogP contribution in [0.25, 0.3) is 0 Å². The van der Waals surface area contributed by atoms with Crippen LogP contribution >= 0.6 is 0 Å². The number of furan rings is 1. The van der Waals surface area contributed by atoms with Crippen LogP contribution in [0.1, 0.15) is 18.6 Å². The lowest BCUT2D eigenvalue weighted by atomic mass is 10.2. The summed E-state index contributed by atoms with van der Waals surface area (Å²) in [5, 5.41) is 3.44. The minimum Gasteiger partial charge on any atom is -0.468 e. The van der Waals surface area contributed by atoms with Gasteiger partial charge in [-0.2, -0.15) is 0 Å².